The number of phenols is 1. The number of hydrogen-bond donors (Lipinski definition) is 3. The molecule has 3 N–H and O–H groups in total. The molecule has 0 aromatic heterocycles. The lowest BCUT2D eigenvalue weighted by atomic mass is 10.1. The first kappa shape index (κ1) is 24.2. The standard InChI is InChI=1S/C29H26N4O3/c1-21(28(35)31-26-14-8-9-15-27(26)34)29(36)32-30-20-22-16-18-25(19-17-22)33(23-10-4-2-5-11-23)24-12-6-3-7-13-24/h2-21,34H,1H3,(H,31,35)(H,32,36). The lowest BCUT2D eigenvalue weighted by Crippen LogP contribution is -2.34. The molecule has 4 aromatic rings. The van der Waals surface area contributed by atoms with Crippen LogP contribution in [0.1, 0.15) is 12.5 Å². The van der Waals surface area contributed by atoms with Crippen LogP contribution in [0.4, 0.5) is 22.7 Å². The van der Waals surface area contributed by atoms with E-state index in [1.165, 1.54) is 19.2 Å². The molecule has 0 bridgehead atoms. The molecule has 0 fully saturated rings. The molecule has 36 heavy (non-hydrogen) atoms. The molecule has 4 aromatic carbocycles. The van der Waals surface area contributed by atoms with Crippen molar-refractivity contribution < 1.29 is 14.7 Å². The van der Waals surface area contributed by atoms with Gasteiger partial charge >= 0.3 is 0 Å². The van der Waals surface area contributed by atoms with Crippen molar-refractivity contribution in [2.24, 2.45) is 11.0 Å². The van der Waals surface area contributed by atoms with Gasteiger partial charge in [-0.2, -0.15) is 5.10 Å². The summed E-state index contributed by atoms with van der Waals surface area (Å²) in [4.78, 5) is 26.8. The number of phenolic OH excluding ortho intramolecular Hbond substituents is 1. The van der Waals surface area contributed by atoms with Crippen molar-refractivity contribution in [2.75, 3.05) is 10.2 Å². The lowest BCUT2D eigenvalue weighted by Gasteiger charge is -2.25. The molecular formula is C29H26N4O3. The zero-order valence-electron chi connectivity index (χ0n) is 19.7. The van der Waals surface area contributed by atoms with Crippen LogP contribution in [-0.4, -0.2) is 23.1 Å². The van der Waals surface area contributed by atoms with Gasteiger partial charge < -0.3 is 15.3 Å². The predicted octanol–water partition coefficient (Wildman–Crippen LogP) is 5.59. The molecule has 0 saturated carbocycles. The van der Waals surface area contributed by atoms with Crippen LogP contribution in [0.3, 0.4) is 0 Å². The number of nitrogens with one attached hydrogen (secondary N) is 2. The first-order valence-electron chi connectivity index (χ1n) is 11.4. The van der Waals surface area contributed by atoms with E-state index < -0.39 is 17.7 Å². The van der Waals surface area contributed by atoms with E-state index in [1.54, 1.807) is 18.2 Å². The van der Waals surface area contributed by atoms with Crippen LogP contribution in [-0.2, 0) is 9.59 Å². The van der Waals surface area contributed by atoms with E-state index in [1.807, 2.05) is 84.9 Å². The van der Waals surface area contributed by atoms with Crippen LogP contribution >= 0.6 is 0 Å². The molecule has 0 saturated heterocycles. The average molecular weight is 479 g/mol. The van der Waals surface area contributed by atoms with Gasteiger partial charge in [-0.25, -0.2) is 5.43 Å². The molecule has 1 atom stereocenters. The molecule has 7 heteroatoms. The largest absolute Gasteiger partial charge is 0.506 e. The van der Waals surface area contributed by atoms with Crippen LogP contribution < -0.4 is 15.6 Å². The summed E-state index contributed by atoms with van der Waals surface area (Å²) in [6.07, 6.45) is 1.52. The summed E-state index contributed by atoms with van der Waals surface area (Å²) in [5.74, 6) is -2.18. The van der Waals surface area contributed by atoms with Crippen molar-refractivity contribution in [3.63, 3.8) is 0 Å². The Kier molecular flexibility index (Phi) is 7.73. The fourth-order valence-corrected chi connectivity index (χ4v) is 3.52. The second-order valence-corrected chi connectivity index (χ2v) is 8.06. The summed E-state index contributed by atoms with van der Waals surface area (Å²) in [6, 6.07) is 34.2. The highest BCUT2D eigenvalue weighted by molar-refractivity contribution is 6.06. The minimum atomic E-state index is -1.01. The van der Waals surface area contributed by atoms with E-state index in [2.05, 4.69) is 20.7 Å². The SMILES string of the molecule is CC(C(=O)NN=Cc1ccc(N(c2ccccc2)c2ccccc2)cc1)C(=O)Nc1ccccc1O. The Labute approximate surface area is 209 Å². The highest BCUT2D eigenvalue weighted by atomic mass is 16.3. The molecule has 180 valence electrons. The van der Waals surface area contributed by atoms with Gasteiger partial charge in [0.1, 0.15) is 11.7 Å². The maximum absolute atomic E-state index is 12.4. The molecule has 0 heterocycles. The molecule has 0 aliphatic rings. The zero-order valence-corrected chi connectivity index (χ0v) is 19.7. The first-order chi connectivity index (χ1) is 17.5. The third-order valence-corrected chi connectivity index (χ3v) is 5.52. The smallest absolute Gasteiger partial charge is 0.252 e. The molecular weight excluding hydrogens is 452 g/mol. The van der Waals surface area contributed by atoms with Crippen molar-refractivity contribution in [3.8, 4) is 5.75 Å². The summed E-state index contributed by atoms with van der Waals surface area (Å²) < 4.78 is 0. The Balaban J connectivity index is 1.40. The summed E-state index contributed by atoms with van der Waals surface area (Å²) in [6.45, 7) is 1.47. The zero-order chi connectivity index (χ0) is 25.3. The third kappa shape index (κ3) is 5.95. The van der Waals surface area contributed by atoms with Gasteiger partial charge in [-0.15, -0.1) is 0 Å². The minimum Gasteiger partial charge on any atom is -0.506 e. The van der Waals surface area contributed by atoms with Gasteiger partial charge in [0, 0.05) is 17.1 Å². The second kappa shape index (κ2) is 11.5. The summed E-state index contributed by atoms with van der Waals surface area (Å²) in [5, 5.41) is 16.3. The van der Waals surface area contributed by atoms with E-state index in [-0.39, 0.29) is 11.4 Å². The van der Waals surface area contributed by atoms with Crippen molar-refractivity contribution in [3.05, 3.63) is 115 Å². The van der Waals surface area contributed by atoms with E-state index >= 15 is 0 Å². The van der Waals surface area contributed by atoms with E-state index in [0.29, 0.717) is 0 Å². The quantitative estimate of drug-likeness (QED) is 0.133. The molecule has 4 rings (SSSR count). The molecule has 2 amide bonds. The number of para-hydroxylation sites is 4. The summed E-state index contributed by atoms with van der Waals surface area (Å²) >= 11 is 0. The van der Waals surface area contributed by atoms with Crippen molar-refractivity contribution in [1.82, 2.24) is 5.43 Å². The second-order valence-electron chi connectivity index (χ2n) is 8.06. The van der Waals surface area contributed by atoms with Crippen LogP contribution in [0.15, 0.2) is 114 Å². The van der Waals surface area contributed by atoms with Gasteiger partial charge in [-0.3, -0.25) is 9.59 Å². The Morgan fingerprint density at radius 1 is 0.750 bits per heavy atom. The Bertz CT molecular complexity index is 1300. The highest BCUT2D eigenvalue weighted by Crippen LogP contribution is 2.33. The molecule has 0 aliphatic heterocycles. The number of rotatable bonds is 8. The van der Waals surface area contributed by atoms with Gasteiger partial charge in [-0.05, 0) is 61.0 Å². The number of anilines is 4. The van der Waals surface area contributed by atoms with Gasteiger partial charge in [0.05, 0.1) is 11.9 Å². The maximum atomic E-state index is 12.4. The van der Waals surface area contributed by atoms with Crippen molar-refractivity contribution in [1.29, 1.82) is 0 Å². The van der Waals surface area contributed by atoms with Gasteiger partial charge in [0.25, 0.3) is 5.91 Å². The average Bonchev–Trinajstić information content (AvgIpc) is 2.92. The number of carbonyl (C=O) groups excluding carboxylic acids is 2. The van der Waals surface area contributed by atoms with Crippen molar-refractivity contribution >= 4 is 40.8 Å². The van der Waals surface area contributed by atoms with Crippen LogP contribution in [0.2, 0.25) is 0 Å². The lowest BCUT2D eigenvalue weighted by molar-refractivity contribution is -0.131. The number of nitrogens with zero attached hydrogens (tertiary/aromatic N) is 2. The number of benzene rings is 4. The topological polar surface area (TPSA) is 94.0 Å². The number of hydrazone groups is 1. The van der Waals surface area contributed by atoms with E-state index in [0.717, 1.165) is 22.6 Å². The van der Waals surface area contributed by atoms with Crippen molar-refractivity contribution in [2.45, 2.75) is 6.92 Å². The molecule has 0 radical (unpaired) electrons. The summed E-state index contributed by atoms with van der Waals surface area (Å²) in [5.41, 5.74) is 6.47. The fraction of sp³-hybridized carbons (Fsp3) is 0.0690. The van der Waals surface area contributed by atoms with E-state index in [9.17, 15) is 14.7 Å². The van der Waals surface area contributed by atoms with Gasteiger partial charge in [0.15, 0.2) is 0 Å². The highest BCUT2D eigenvalue weighted by Gasteiger charge is 2.22. The van der Waals surface area contributed by atoms with Crippen LogP contribution in [0.25, 0.3) is 0 Å². The normalized spacial score (nSPS) is 11.6. The predicted molar refractivity (Wildman–Crippen MR) is 143 cm³/mol. The van der Waals surface area contributed by atoms with Gasteiger partial charge in [0.2, 0.25) is 5.91 Å². The third-order valence-electron chi connectivity index (χ3n) is 5.52. The Morgan fingerprint density at radius 2 is 1.28 bits per heavy atom. The first-order valence-corrected chi connectivity index (χ1v) is 11.4. The number of hydrogen-bond acceptors (Lipinski definition) is 5. The monoisotopic (exact) mass is 478 g/mol. The van der Waals surface area contributed by atoms with E-state index in [4.69, 9.17) is 0 Å². The minimum absolute atomic E-state index is 0.0713. The number of carbonyl (C=O) groups is 2. The fourth-order valence-electron chi connectivity index (χ4n) is 3.52. The molecule has 7 nitrogen and oxygen atoms in total. The van der Waals surface area contributed by atoms with Gasteiger partial charge in [-0.1, -0.05) is 60.7 Å². The number of aromatic hydroxyl groups is 1. The Morgan fingerprint density at radius 3 is 1.86 bits per heavy atom. The maximum Gasteiger partial charge on any atom is 0.252 e. The van der Waals surface area contributed by atoms with Crippen LogP contribution in [0.5, 0.6) is 5.75 Å². The molecule has 1 unspecified atom stereocenters. The van der Waals surface area contributed by atoms with Crippen LogP contribution in [0, 0.1) is 5.92 Å². The molecule has 0 aliphatic carbocycles. The number of amides is 2. The Hall–Kier alpha value is -4.91. The molecule has 0 spiro atoms. The summed E-state index contributed by atoms with van der Waals surface area (Å²) in [7, 11) is 0.